The molecule has 0 fully saturated rings. The van der Waals surface area contributed by atoms with Crippen LogP contribution in [0.25, 0.3) is 15.5 Å². The minimum absolute atomic E-state index is 0.215. The van der Waals surface area contributed by atoms with Gasteiger partial charge >= 0.3 is 5.97 Å². The summed E-state index contributed by atoms with van der Waals surface area (Å²) in [4.78, 5) is 16.2. The third kappa shape index (κ3) is 3.19. The predicted molar refractivity (Wildman–Crippen MR) is 98.0 cm³/mol. The summed E-state index contributed by atoms with van der Waals surface area (Å²) in [5.41, 5.74) is 1.81. The van der Waals surface area contributed by atoms with Crippen LogP contribution in [-0.4, -0.2) is 25.7 Å². The van der Waals surface area contributed by atoms with Crippen LogP contribution in [0.3, 0.4) is 0 Å². The number of benzene rings is 2. The highest BCUT2D eigenvalue weighted by Gasteiger charge is 2.11. The van der Waals surface area contributed by atoms with E-state index in [0.29, 0.717) is 16.5 Å². The van der Waals surface area contributed by atoms with Crippen LogP contribution in [0.2, 0.25) is 5.02 Å². The molecule has 0 saturated heterocycles. The Morgan fingerprint density at radius 3 is 2.80 bits per heavy atom. The van der Waals surface area contributed by atoms with Crippen molar-refractivity contribution in [1.29, 1.82) is 0 Å². The highest BCUT2D eigenvalue weighted by atomic mass is 35.5. The summed E-state index contributed by atoms with van der Waals surface area (Å²) >= 11 is 7.47. The summed E-state index contributed by atoms with van der Waals surface area (Å²) in [6.45, 7) is 0. The topological polar surface area (TPSA) is 79.5 Å². The molecule has 0 aliphatic rings. The Bertz CT molecular complexity index is 1060. The molecule has 0 spiro atoms. The lowest BCUT2D eigenvalue weighted by atomic mass is 10.2. The van der Waals surface area contributed by atoms with E-state index in [9.17, 15) is 4.79 Å². The van der Waals surface area contributed by atoms with E-state index in [2.05, 4.69) is 15.4 Å². The molecule has 0 aliphatic heterocycles. The van der Waals surface area contributed by atoms with Crippen LogP contribution in [0.5, 0.6) is 0 Å². The molecule has 0 unspecified atom stereocenters. The number of carbonyl (C=O) groups is 1. The van der Waals surface area contributed by atoms with Crippen LogP contribution >= 0.6 is 22.9 Å². The van der Waals surface area contributed by atoms with Crippen molar-refractivity contribution in [2.75, 3.05) is 5.32 Å². The summed E-state index contributed by atoms with van der Waals surface area (Å²) in [5, 5.41) is 18.1. The Morgan fingerprint density at radius 1 is 1.20 bits per heavy atom. The van der Waals surface area contributed by atoms with E-state index in [4.69, 9.17) is 16.7 Å². The van der Waals surface area contributed by atoms with Crippen LogP contribution in [0.15, 0.2) is 54.7 Å². The number of anilines is 2. The molecule has 0 atom stereocenters. The normalized spacial score (nSPS) is 10.9. The van der Waals surface area contributed by atoms with Gasteiger partial charge in [-0.05, 0) is 30.3 Å². The summed E-state index contributed by atoms with van der Waals surface area (Å²) in [6, 6.07) is 14.1. The number of fused-ring (bicyclic) bond motifs is 1. The molecule has 0 bridgehead atoms. The van der Waals surface area contributed by atoms with Crippen molar-refractivity contribution in [2.24, 2.45) is 0 Å². The fraction of sp³-hybridized carbons (Fsp3) is 0. The van der Waals surface area contributed by atoms with Gasteiger partial charge in [-0.3, -0.25) is 0 Å². The summed E-state index contributed by atoms with van der Waals surface area (Å²) in [6.07, 6.45) is 1.76. The van der Waals surface area contributed by atoms with E-state index in [1.54, 1.807) is 28.9 Å². The van der Waals surface area contributed by atoms with Gasteiger partial charge in [-0.1, -0.05) is 41.1 Å². The summed E-state index contributed by atoms with van der Waals surface area (Å²) in [5.74, 6) is -0.374. The van der Waals surface area contributed by atoms with Crippen molar-refractivity contribution in [3.05, 3.63) is 65.3 Å². The SMILES string of the molecule is O=C(O)c1cccc(Nc2cn3nc(-c4cccc(Cl)c4)sc3n2)c1. The molecule has 2 aromatic heterocycles. The largest absolute Gasteiger partial charge is 0.478 e. The van der Waals surface area contributed by atoms with Crippen molar-refractivity contribution >= 4 is 45.4 Å². The lowest BCUT2D eigenvalue weighted by molar-refractivity contribution is 0.0697. The Morgan fingerprint density at radius 2 is 2.04 bits per heavy atom. The van der Waals surface area contributed by atoms with Crippen LogP contribution in [0.1, 0.15) is 10.4 Å². The molecule has 2 N–H and O–H groups in total. The first-order valence-corrected chi connectivity index (χ1v) is 8.50. The van der Waals surface area contributed by atoms with Crippen LogP contribution < -0.4 is 5.32 Å². The highest BCUT2D eigenvalue weighted by molar-refractivity contribution is 7.19. The van der Waals surface area contributed by atoms with Gasteiger partial charge in [0.05, 0.1) is 11.8 Å². The molecule has 6 nitrogen and oxygen atoms in total. The first-order chi connectivity index (χ1) is 12.1. The number of rotatable bonds is 4. The fourth-order valence-electron chi connectivity index (χ4n) is 2.38. The third-order valence-corrected chi connectivity index (χ3v) is 4.70. The standard InChI is InChI=1S/C17H11ClN4O2S/c18-12-5-1-3-10(7-12)15-21-22-9-14(20-17(22)25-15)19-13-6-2-4-11(8-13)16(23)24/h1-9,19H,(H,23,24). The van der Waals surface area contributed by atoms with Crippen molar-refractivity contribution in [1.82, 2.24) is 14.6 Å². The molecule has 2 heterocycles. The average Bonchev–Trinajstić information content (AvgIpc) is 3.13. The van der Waals surface area contributed by atoms with Crippen molar-refractivity contribution in [2.45, 2.75) is 0 Å². The number of carboxylic acids is 1. The molecule has 8 heteroatoms. The first kappa shape index (κ1) is 15.6. The minimum Gasteiger partial charge on any atom is -0.478 e. The number of halogens is 1. The fourth-order valence-corrected chi connectivity index (χ4v) is 3.44. The monoisotopic (exact) mass is 370 g/mol. The zero-order valence-electron chi connectivity index (χ0n) is 12.7. The molecule has 0 amide bonds. The molecular weight excluding hydrogens is 360 g/mol. The Labute approximate surface area is 151 Å². The van der Waals surface area contributed by atoms with Gasteiger partial charge < -0.3 is 10.4 Å². The number of carboxylic acid groups (broad SMARTS) is 1. The molecular formula is C17H11ClN4O2S. The van der Waals surface area contributed by atoms with Crippen LogP contribution in [0.4, 0.5) is 11.5 Å². The Balaban J connectivity index is 1.61. The maximum Gasteiger partial charge on any atom is 0.335 e. The lowest BCUT2D eigenvalue weighted by Crippen LogP contribution is -1.97. The van der Waals surface area contributed by atoms with Gasteiger partial charge in [0.1, 0.15) is 5.01 Å². The van der Waals surface area contributed by atoms with Gasteiger partial charge in [0, 0.05) is 16.3 Å². The number of nitrogens with zero attached hydrogens (tertiary/aromatic N) is 3. The van der Waals surface area contributed by atoms with E-state index in [0.717, 1.165) is 15.5 Å². The van der Waals surface area contributed by atoms with E-state index < -0.39 is 5.97 Å². The zero-order chi connectivity index (χ0) is 17.4. The lowest BCUT2D eigenvalue weighted by Gasteiger charge is -2.03. The number of imidazole rings is 1. The summed E-state index contributed by atoms with van der Waals surface area (Å²) in [7, 11) is 0. The number of hydrogen-bond donors (Lipinski definition) is 2. The van der Waals surface area contributed by atoms with Crippen LogP contribution in [0, 0.1) is 0 Å². The molecule has 0 aliphatic carbocycles. The third-order valence-electron chi connectivity index (χ3n) is 3.50. The quantitative estimate of drug-likeness (QED) is 0.550. The Kier molecular flexibility index (Phi) is 3.87. The highest BCUT2D eigenvalue weighted by Crippen LogP contribution is 2.28. The zero-order valence-corrected chi connectivity index (χ0v) is 14.3. The number of nitrogens with one attached hydrogen (secondary N) is 1. The van der Waals surface area contributed by atoms with E-state index in [1.165, 1.54) is 17.4 Å². The molecule has 124 valence electrons. The predicted octanol–water partition coefficient (Wildman–Crippen LogP) is 4.55. The Hall–Kier alpha value is -2.90. The van der Waals surface area contributed by atoms with Gasteiger partial charge in [-0.25, -0.2) is 9.31 Å². The minimum atomic E-state index is -0.970. The van der Waals surface area contributed by atoms with Crippen LogP contribution in [-0.2, 0) is 0 Å². The second-order valence-electron chi connectivity index (χ2n) is 5.28. The van der Waals surface area contributed by atoms with Crippen molar-refractivity contribution in [3.63, 3.8) is 0 Å². The van der Waals surface area contributed by atoms with Gasteiger partial charge in [-0.15, -0.1) is 0 Å². The number of aromatic carboxylic acids is 1. The molecule has 0 saturated carbocycles. The molecule has 0 radical (unpaired) electrons. The second kappa shape index (κ2) is 6.19. The number of aromatic nitrogens is 3. The average molecular weight is 371 g/mol. The van der Waals surface area contributed by atoms with Gasteiger partial charge in [-0.2, -0.15) is 10.1 Å². The maximum absolute atomic E-state index is 11.0. The molecule has 25 heavy (non-hydrogen) atoms. The first-order valence-electron chi connectivity index (χ1n) is 7.31. The summed E-state index contributed by atoms with van der Waals surface area (Å²) < 4.78 is 1.68. The number of hydrogen-bond acceptors (Lipinski definition) is 5. The second-order valence-corrected chi connectivity index (χ2v) is 6.67. The van der Waals surface area contributed by atoms with E-state index >= 15 is 0 Å². The molecule has 2 aromatic carbocycles. The van der Waals surface area contributed by atoms with Crippen molar-refractivity contribution in [3.8, 4) is 10.6 Å². The van der Waals surface area contributed by atoms with E-state index in [1.807, 2.05) is 24.3 Å². The maximum atomic E-state index is 11.0. The van der Waals surface area contributed by atoms with Crippen molar-refractivity contribution < 1.29 is 9.90 Å². The molecule has 4 aromatic rings. The van der Waals surface area contributed by atoms with Gasteiger partial charge in [0.25, 0.3) is 0 Å². The van der Waals surface area contributed by atoms with Gasteiger partial charge in [0.15, 0.2) is 5.82 Å². The van der Waals surface area contributed by atoms with E-state index in [-0.39, 0.29) is 5.56 Å². The van der Waals surface area contributed by atoms with Gasteiger partial charge in [0.2, 0.25) is 4.96 Å². The smallest absolute Gasteiger partial charge is 0.335 e. The molecule has 4 rings (SSSR count).